The van der Waals surface area contributed by atoms with Crippen LogP contribution in [0, 0.1) is 0 Å². The molecule has 18 heavy (non-hydrogen) atoms. The summed E-state index contributed by atoms with van der Waals surface area (Å²) in [4.78, 5) is 15.5. The molecule has 0 atom stereocenters. The van der Waals surface area contributed by atoms with Gasteiger partial charge >= 0.3 is 5.97 Å². The van der Waals surface area contributed by atoms with Crippen molar-refractivity contribution in [2.24, 2.45) is 0 Å². The number of thiazole rings is 1. The smallest absolute Gasteiger partial charge is 0.305 e. The van der Waals surface area contributed by atoms with Crippen LogP contribution in [-0.4, -0.2) is 35.6 Å². The second kappa shape index (κ2) is 5.93. The fourth-order valence-corrected chi connectivity index (χ4v) is 3.13. The van der Waals surface area contributed by atoms with Crippen LogP contribution in [0.1, 0.15) is 25.0 Å². The van der Waals surface area contributed by atoms with Crippen molar-refractivity contribution in [2.75, 3.05) is 25.2 Å². The average molecular weight is 286 g/mol. The van der Waals surface area contributed by atoms with Gasteiger partial charge in [0.2, 0.25) is 0 Å². The Bertz CT molecular complexity index is 416. The number of hydrogen-bond acceptors (Lipinski definition) is 6. The zero-order chi connectivity index (χ0) is 13.0. The summed E-state index contributed by atoms with van der Waals surface area (Å²) in [5, 5.41) is 6.35. The first-order valence-electron chi connectivity index (χ1n) is 5.98. The van der Waals surface area contributed by atoms with E-state index in [0.717, 1.165) is 17.4 Å². The molecule has 6 heteroatoms. The van der Waals surface area contributed by atoms with E-state index in [1.54, 1.807) is 11.3 Å². The first-order chi connectivity index (χ1) is 8.67. The van der Waals surface area contributed by atoms with Gasteiger partial charge in [0.25, 0.3) is 0 Å². The van der Waals surface area contributed by atoms with Crippen LogP contribution in [0.5, 0.6) is 0 Å². The lowest BCUT2D eigenvalue weighted by molar-refractivity contribution is -0.140. The zero-order valence-corrected chi connectivity index (χ0v) is 12.3. The van der Waals surface area contributed by atoms with E-state index in [-0.39, 0.29) is 5.97 Å². The average Bonchev–Trinajstić information content (AvgIpc) is 3.05. The Morgan fingerprint density at radius 2 is 2.44 bits per heavy atom. The van der Waals surface area contributed by atoms with Gasteiger partial charge in [-0.3, -0.25) is 4.79 Å². The third-order valence-electron chi connectivity index (χ3n) is 3.17. The zero-order valence-electron chi connectivity index (χ0n) is 10.7. The van der Waals surface area contributed by atoms with E-state index in [1.165, 1.54) is 20.0 Å². The van der Waals surface area contributed by atoms with Gasteiger partial charge in [-0.1, -0.05) is 0 Å². The van der Waals surface area contributed by atoms with E-state index in [2.05, 4.69) is 21.3 Å². The lowest BCUT2D eigenvalue weighted by Gasteiger charge is -2.11. The van der Waals surface area contributed by atoms with Crippen molar-refractivity contribution in [2.45, 2.75) is 30.4 Å². The van der Waals surface area contributed by atoms with Gasteiger partial charge in [-0.05, 0) is 19.1 Å². The lowest BCUT2D eigenvalue weighted by atomic mass is 10.2. The number of carbonyl (C=O) groups excluding carboxylic acids is 1. The molecule has 1 N–H and O–H groups in total. The minimum absolute atomic E-state index is 0.183. The molecule has 1 fully saturated rings. The van der Waals surface area contributed by atoms with Gasteiger partial charge in [-0.2, -0.15) is 11.8 Å². The first-order valence-corrected chi connectivity index (χ1v) is 8.08. The third-order valence-corrected chi connectivity index (χ3v) is 5.43. The highest BCUT2D eigenvalue weighted by Crippen LogP contribution is 2.47. The molecular weight excluding hydrogens is 268 g/mol. The standard InChI is InChI=1S/C12H18N2O2S2/c1-16-10(15)4-3-9-7-18-11(14-9)13-8-12(17-2)5-6-12/h7H,3-6,8H2,1-2H3,(H,13,14). The predicted octanol–water partition coefficient (Wildman–Crippen LogP) is 2.56. The number of thioether (sulfide) groups is 1. The maximum atomic E-state index is 11.0. The number of hydrogen-bond donors (Lipinski definition) is 1. The van der Waals surface area contributed by atoms with Gasteiger partial charge in [0, 0.05) is 23.1 Å². The number of nitrogens with zero attached hydrogens (tertiary/aromatic N) is 1. The van der Waals surface area contributed by atoms with Gasteiger partial charge in [-0.15, -0.1) is 11.3 Å². The molecule has 0 spiro atoms. The number of methoxy groups -OCH3 is 1. The molecule has 0 aromatic carbocycles. The number of esters is 1. The van der Waals surface area contributed by atoms with Gasteiger partial charge in [0.05, 0.1) is 19.2 Å². The summed E-state index contributed by atoms with van der Waals surface area (Å²) in [6.45, 7) is 0.984. The molecule has 0 aliphatic heterocycles. The maximum Gasteiger partial charge on any atom is 0.305 e. The molecule has 100 valence electrons. The van der Waals surface area contributed by atoms with E-state index >= 15 is 0 Å². The topological polar surface area (TPSA) is 51.2 Å². The minimum atomic E-state index is -0.183. The Morgan fingerprint density at radius 3 is 3.06 bits per heavy atom. The molecule has 1 saturated carbocycles. The second-order valence-electron chi connectivity index (χ2n) is 4.46. The summed E-state index contributed by atoms with van der Waals surface area (Å²) in [7, 11) is 1.41. The Labute approximate surface area is 116 Å². The van der Waals surface area contributed by atoms with Crippen molar-refractivity contribution < 1.29 is 9.53 Å². The van der Waals surface area contributed by atoms with E-state index in [1.807, 2.05) is 17.1 Å². The highest BCUT2D eigenvalue weighted by molar-refractivity contribution is 8.00. The number of aromatic nitrogens is 1. The number of aryl methyl sites for hydroxylation is 1. The molecule has 1 aliphatic rings. The molecule has 1 aromatic rings. The number of nitrogens with one attached hydrogen (secondary N) is 1. The van der Waals surface area contributed by atoms with Crippen LogP contribution >= 0.6 is 23.1 Å². The van der Waals surface area contributed by atoms with Crippen molar-refractivity contribution >= 4 is 34.2 Å². The summed E-state index contributed by atoms with van der Waals surface area (Å²) < 4.78 is 5.05. The molecule has 4 nitrogen and oxygen atoms in total. The van der Waals surface area contributed by atoms with E-state index < -0.39 is 0 Å². The number of carbonyl (C=O) groups is 1. The first kappa shape index (κ1) is 13.7. The Hall–Kier alpha value is -0.750. The fraction of sp³-hybridized carbons (Fsp3) is 0.667. The van der Waals surface area contributed by atoms with Crippen molar-refractivity contribution in [1.82, 2.24) is 4.98 Å². The molecule has 1 aliphatic carbocycles. The third kappa shape index (κ3) is 3.62. The molecule has 1 heterocycles. The van der Waals surface area contributed by atoms with Gasteiger partial charge in [0.1, 0.15) is 0 Å². The van der Waals surface area contributed by atoms with Crippen LogP contribution in [0.25, 0.3) is 0 Å². The van der Waals surface area contributed by atoms with Crippen molar-refractivity contribution in [1.29, 1.82) is 0 Å². The highest BCUT2D eigenvalue weighted by Gasteiger charge is 2.41. The van der Waals surface area contributed by atoms with Crippen LogP contribution in [0.3, 0.4) is 0 Å². The van der Waals surface area contributed by atoms with Crippen LogP contribution < -0.4 is 5.32 Å². The van der Waals surface area contributed by atoms with Crippen LogP contribution in [0.2, 0.25) is 0 Å². The normalized spacial score (nSPS) is 16.3. The second-order valence-corrected chi connectivity index (χ2v) is 6.59. The Kier molecular flexibility index (Phi) is 4.50. The molecule has 0 amide bonds. The van der Waals surface area contributed by atoms with E-state index in [9.17, 15) is 4.79 Å². The molecule has 0 radical (unpaired) electrons. The fourth-order valence-electron chi connectivity index (χ4n) is 1.66. The molecule has 2 rings (SSSR count). The Balaban J connectivity index is 1.77. The number of rotatable bonds is 7. The van der Waals surface area contributed by atoms with E-state index in [0.29, 0.717) is 17.6 Å². The number of ether oxygens (including phenoxy) is 1. The summed E-state index contributed by atoms with van der Waals surface area (Å²) in [5.74, 6) is -0.183. The molecule has 0 unspecified atom stereocenters. The molecule has 0 bridgehead atoms. The predicted molar refractivity (Wildman–Crippen MR) is 76.4 cm³/mol. The molecule has 0 saturated heterocycles. The van der Waals surface area contributed by atoms with Crippen LogP contribution in [0.15, 0.2) is 5.38 Å². The SMILES string of the molecule is COC(=O)CCc1csc(NCC2(SC)CC2)n1. The van der Waals surface area contributed by atoms with Crippen molar-refractivity contribution in [3.63, 3.8) is 0 Å². The maximum absolute atomic E-state index is 11.0. The number of anilines is 1. The summed E-state index contributed by atoms with van der Waals surface area (Å²) in [6.07, 6.45) is 5.80. The van der Waals surface area contributed by atoms with E-state index in [4.69, 9.17) is 0 Å². The van der Waals surface area contributed by atoms with Gasteiger partial charge in [0.15, 0.2) is 5.13 Å². The minimum Gasteiger partial charge on any atom is -0.469 e. The molecule has 1 aromatic heterocycles. The van der Waals surface area contributed by atoms with Crippen molar-refractivity contribution in [3.8, 4) is 0 Å². The monoisotopic (exact) mass is 286 g/mol. The molecular formula is C12H18N2O2S2. The van der Waals surface area contributed by atoms with Crippen LogP contribution in [0.4, 0.5) is 5.13 Å². The summed E-state index contributed by atoms with van der Waals surface area (Å²) >= 11 is 3.54. The van der Waals surface area contributed by atoms with Gasteiger partial charge < -0.3 is 10.1 Å². The van der Waals surface area contributed by atoms with Crippen LogP contribution in [-0.2, 0) is 16.0 Å². The lowest BCUT2D eigenvalue weighted by Crippen LogP contribution is -2.17. The quantitative estimate of drug-likeness (QED) is 0.781. The largest absolute Gasteiger partial charge is 0.469 e. The summed E-state index contributed by atoms with van der Waals surface area (Å²) in [6, 6.07) is 0. The Morgan fingerprint density at radius 1 is 1.67 bits per heavy atom. The summed E-state index contributed by atoms with van der Waals surface area (Å²) in [5.41, 5.74) is 0.960. The van der Waals surface area contributed by atoms with Gasteiger partial charge in [-0.25, -0.2) is 4.98 Å². The van der Waals surface area contributed by atoms with Crippen molar-refractivity contribution in [3.05, 3.63) is 11.1 Å². The highest BCUT2D eigenvalue weighted by atomic mass is 32.2.